The maximum Gasteiger partial charge on any atom is 0.199 e. The second-order valence-electron chi connectivity index (χ2n) is 6.22. The van der Waals surface area contributed by atoms with Crippen molar-refractivity contribution < 1.29 is 12.8 Å². The summed E-state index contributed by atoms with van der Waals surface area (Å²) < 4.78 is 40.0. The van der Waals surface area contributed by atoms with Gasteiger partial charge in [0.05, 0.1) is 11.9 Å². The van der Waals surface area contributed by atoms with Gasteiger partial charge in [-0.2, -0.15) is 5.10 Å². The van der Waals surface area contributed by atoms with Crippen molar-refractivity contribution in [1.29, 1.82) is 0 Å². The Labute approximate surface area is 155 Å². The molecule has 4 aromatic rings. The van der Waals surface area contributed by atoms with Gasteiger partial charge in [-0.25, -0.2) is 17.8 Å². The lowest BCUT2D eigenvalue weighted by molar-refractivity contribution is 0.553. The summed E-state index contributed by atoms with van der Waals surface area (Å²) in [5.41, 5.74) is 2.86. The van der Waals surface area contributed by atoms with Crippen molar-refractivity contribution in [1.82, 2.24) is 19.7 Å². The Balaban J connectivity index is 1.66. The molecule has 8 heteroatoms. The molecular formula is C19H17FN4O2S. The lowest BCUT2D eigenvalue weighted by atomic mass is 10.1. The lowest BCUT2D eigenvalue weighted by Crippen LogP contribution is -2.12. The summed E-state index contributed by atoms with van der Waals surface area (Å²) in [6.45, 7) is 2.33. The molecule has 0 saturated carbocycles. The van der Waals surface area contributed by atoms with Gasteiger partial charge in [-0.3, -0.25) is 4.68 Å². The fourth-order valence-electron chi connectivity index (χ4n) is 3.04. The Hall–Kier alpha value is -3.00. The van der Waals surface area contributed by atoms with Gasteiger partial charge in [0.25, 0.3) is 0 Å². The van der Waals surface area contributed by atoms with E-state index in [0.717, 1.165) is 16.6 Å². The number of hydrogen-bond donors (Lipinski definition) is 1. The van der Waals surface area contributed by atoms with E-state index >= 15 is 0 Å². The van der Waals surface area contributed by atoms with E-state index in [9.17, 15) is 12.8 Å². The second kappa shape index (κ2) is 6.62. The van der Waals surface area contributed by atoms with Crippen LogP contribution < -0.4 is 0 Å². The van der Waals surface area contributed by atoms with Crippen LogP contribution in [-0.2, 0) is 22.1 Å². The van der Waals surface area contributed by atoms with Crippen molar-refractivity contribution in [3.8, 4) is 11.3 Å². The Morgan fingerprint density at radius 2 is 1.93 bits per heavy atom. The number of fused-ring (bicyclic) bond motifs is 1. The van der Waals surface area contributed by atoms with Crippen LogP contribution in [0, 0.1) is 5.82 Å². The van der Waals surface area contributed by atoms with Crippen LogP contribution in [-0.4, -0.2) is 28.2 Å². The predicted octanol–water partition coefficient (Wildman–Crippen LogP) is 3.56. The lowest BCUT2D eigenvalue weighted by Gasteiger charge is -2.06. The van der Waals surface area contributed by atoms with Crippen LogP contribution in [0.5, 0.6) is 0 Å². The number of pyridine rings is 1. The fourth-order valence-corrected chi connectivity index (χ4v) is 4.55. The number of nitrogens with one attached hydrogen (secondary N) is 1. The first kappa shape index (κ1) is 17.4. The summed E-state index contributed by atoms with van der Waals surface area (Å²) in [6.07, 6.45) is 3.04. The molecule has 0 amide bonds. The van der Waals surface area contributed by atoms with E-state index in [-0.39, 0.29) is 16.6 Å². The topological polar surface area (TPSA) is 80.6 Å². The summed E-state index contributed by atoms with van der Waals surface area (Å²) >= 11 is 0. The van der Waals surface area contributed by atoms with Crippen LogP contribution >= 0.6 is 0 Å². The number of benzene rings is 1. The van der Waals surface area contributed by atoms with Crippen LogP contribution in [0.25, 0.3) is 22.3 Å². The highest BCUT2D eigenvalue weighted by Gasteiger charge is 2.20. The number of H-pyrrole nitrogens is 1. The third kappa shape index (κ3) is 3.35. The monoisotopic (exact) mass is 384 g/mol. The molecule has 0 unspecified atom stereocenters. The summed E-state index contributed by atoms with van der Waals surface area (Å²) in [6, 6.07) is 11.3. The second-order valence-corrected chi connectivity index (χ2v) is 8.15. The normalized spacial score (nSPS) is 11.9. The van der Waals surface area contributed by atoms with Gasteiger partial charge in [-0.15, -0.1) is 0 Å². The molecule has 0 spiro atoms. The molecule has 27 heavy (non-hydrogen) atoms. The molecule has 0 bridgehead atoms. The molecule has 0 aliphatic heterocycles. The van der Waals surface area contributed by atoms with Crippen molar-refractivity contribution in [2.24, 2.45) is 0 Å². The van der Waals surface area contributed by atoms with Crippen molar-refractivity contribution in [2.75, 3.05) is 0 Å². The van der Waals surface area contributed by atoms with Crippen molar-refractivity contribution in [3.05, 3.63) is 66.2 Å². The number of aromatic nitrogens is 4. The molecule has 0 aliphatic carbocycles. The maximum atomic E-state index is 13.1. The number of nitrogens with zero attached hydrogens (tertiary/aromatic N) is 3. The van der Waals surface area contributed by atoms with Gasteiger partial charge in [0.15, 0.2) is 14.9 Å². The fraction of sp³-hybridized carbons (Fsp3) is 0.158. The van der Waals surface area contributed by atoms with Crippen molar-refractivity contribution >= 4 is 20.9 Å². The third-order valence-corrected chi connectivity index (χ3v) is 6.03. The van der Waals surface area contributed by atoms with E-state index in [1.165, 1.54) is 29.1 Å². The number of hydrogen-bond acceptors (Lipinski definition) is 4. The van der Waals surface area contributed by atoms with Crippen LogP contribution in [0.4, 0.5) is 4.39 Å². The minimum atomic E-state index is -3.52. The number of halogens is 1. The Morgan fingerprint density at radius 3 is 2.67 bits per heavy atom. The predicted molar refractivity (Wildman–Crippen MR) is 100 cm³/mol. The highest BCUT2D eigenvalue weighted by atomic mass is 32.2. The largest absolute Gasteiger partial charge is 0.339 e. The molecule has 3 heterocycles. The maximum absolute atomic E-state index is 13.1. The van der Waals surface area contributed by atoms with Gasteiger partial charge < -0.3 is 4.98 Å². The third-order valence-electron chi connectivity index (χ3n) is 4.33. The Bertz CT molecular complexity index is 1210. The molecule has 1 aromatic carbocycles. The van der Waals surface area contributed by atoms with E-state index in [0.29, 0.717) is 17.8 Å². The molecule has 3 aromatic heterocycles. The van der Waals surface area contributed by atoms with E-state index in [1.54, 1.807) is 24.4 Å². The van der Waals surface area contributed by atoms with E-state index in [1.807, 2.05) is 13.0 Å². The highest BCUT2D eigenvalue weighted by Crippen LogP contribution is 2.25. The summed E-state index contributed by atoms with van der Waals surface area (Å²) in [5, 5.41) is 5.02. The highest BCUT2D eigenvalue weighted by molar-refractivity contribution is 7.90. The van der Waals surface area contributed by atoms with Gasteiger partial charge in [0, 0.05) is 23.8 Å². The van der Waals surface area contributed by atoms with Gasteiger partial charge in [-0.05, 0) is 60.5 Å². The van der Waals surface area contributed by atoms with Gasteiger partial charge in [0.2, 0.25) is 0 Å². The molecule has 4 rings (SSSR count). The molecule has 6 nitrogen and oxygen atoms in total. The number of aromatic amines is 1. The van der Waals surface area contributed by atoms with Gasteiger partial charge in [-0.1, -0.05) is 0 Å². The molecule has 1 N–H and O–H groups in total. The quantitative estimate of drug-likeness (QED) is 0.570. The van der Waals surface area contributed by atoms with Crippen LogP contribution in [0.15, 0.2) is 59.9 Å². The van der Waals surface area contributed by atoms with Gasteiger partial charge >= 0.3 is 0 Å². The van der Waals surface area contributed by atoms with Crippen LogP contribution in [0.2, 0.25) is 0 Å². The minimum absolute atomic E-state index is 0.154. The molecule has 138 valence electrons. The first-order valence-electron chi connectivity index (χ1n) is 8.44. The minimum Gasteiger partial charge on any atom is -0.339 e. The van der Waals surface area contributed by atoms with E-state index < -0.39 is 9.84 Å². The average Bonchev–Trinajstić information content (AvgIpc) is 3.28. The molecular weight excluding hydrogens is 367 g/mol. The van der Waals surface area contributed by atoms with Crippen LogP contribution in [0.3, 0.4) is 0 Å². The zero-order valence-electron chi connectivity index (χ0n) is 14.6. The molecule has 0 radical (unpaired) electrons. The zero-order valence-corrected chi connectivity index (χ0v) is 15.4. The molecule has 0 fully saturated rings. The average molecular weight is 384 g/mol. The van der Waals surface area contributed by atoms with E-state index in [4.69, 9.17) is 0 Å². The summed E-state index contributed by atoms with van der Waals surface area (Å²) in [5.74, 6) is -0.453. The smallest absolute Gasteiger partial charge is 0.199 e. The Morgan fingerprint density at radius 1 is 1.15 bits per heavy atom. The zero-order chi connectivity index (χ0) is 19.0. The SMILES string of the molecule is CCn1nccc1S(=O)(=O)Cc1cnc2[nH]c(-c3ccc(F)cc3)cc2c1. The number of rotatable bonds is 5. The molecule has 0 aliphatic rings. The van der Waals surface area contributed by atoms with Gasteiger partial charge in [0.1, 0.15) is 11.5 Å². The number of aryl methyl sites for hydroxylation is 1. The summed E-state index contributed by atoms with van der Waals surface area (Å²) in [7, 11) is -3.52. The van der Waals surface area contributed by atoms with E-state index in [2.05, 4.69) is 15.1 Å². The molecule has 0 atom stereocenters. The van der Waals surface area contributed by atoms with Crippen molar-refractivity contribution in [3.63, 3.8) is 0 Å². The standard InChI is InChI=1S/C19H17FN4O2S/c1-2-24-18(7-8-22-24)27(25,26)12-13-9-15-10-17(23-19(15)21-11-13)14-3-5-16(20)6-4-14/h3-11H,2,12H2,1H3,(H,21,23). The summed E-state index contributed by atoms with van der Waals surface area (Å²) in [4.78, 5) is 7.51. The first-order valence-corrected chi connectivity index (χ1v) is 10.1. The molecule has 0 saturated heterocycles. The Kier molecular flexibility index (Phi) is 4.27. The number of sulfone groups is 1. The van der Waals surface area contributed by atoms with Crippen LogP contribution in [0.1, 0.15) is 12.5 Å². The first-order chi connectivity index (χ1) is 13.0. The van der Waals surface area contributed by atoms with Crippen molar-refractivity contribution in [2.45, 2.75) is 24.2 Å².